The Kier molecular flexibility index (Phi) is 4.66. The molecule has 3 rings (SSSR count). The average molecular weight is 348 g/mol. The van der Waals surface area contributed by atoms with Crippen LogP contribution in [-0.2, 0) is 22.4 Å². The van der Waals surface area contributed by atoms with Gasteiger partial charge < -0.3 is 16.2 Å². The second-order valence-corrected chi connectivity index (χ2v) is 7.38. The molecule has 1 amide bonds. The molecule has 128 valence electrons. The average Bonchev–Trinajstić information content (AvgIpc) is 2.88. The molecule has 0 spiro atoms. The van der Waals surface area contributed by atoms with Gasteiger partial charge in [-0.2, -0.15) is 0 Å². The van der Waals surface area contributed by atoms with Gasteiger partial charge in [-0.05, 0) is 37.2 Å². The van der Waals surface area contributed by atoms with Gasteiger partial charge in [0.05, 0.1) is 5.39 Å². The van der Waals surface area contributed by atoms with Gasteiger partial charge in [0.25, 0.3) is 0 Å². The lowest BCUT2D eigenvalue weighted by Crippen LogP contribution is -2.31. The van der Waals surface area contributed by atoms with Crippen LogP contribution in [0.5, 0.6) is 0 Å². The summed E-state index contributed by atoms with van der Waals surface area (Å²) in [5.74, 6) is -0.361. The monoisotopic (exact) mass is 348 g/mol. The highest BCUT2D eigenvalue weighted by atomic mass is 32.1. The van der Waals surface area contributed by atoms with Crippen molar-refractivity contribution in [3.8, 4) is 0 Å². The molecule has 0 radical (unpaired) electrons. The van der Waals surface area contributed by atoms with Crippen molar-refractivity contribution in [2.45, 2.75) is 45.1 Å². The van der Waals surface area contributed by atoms with Gasteiger partial charge in [-0.25, -0.2) is 14.8 Å². The largest absolute Gasteiger partial charge is 0.480 e. The normalized spacial score (nSPS) is 18.1. The van der Waals surface area contributed by atoms with Crippen LogP contribution >= 0.6 is 11.3 Å². The minimum absolute atomic E-state index is 0.0114. The van der Waals surface area contributed by atoms with Crippen molar-refractivity contribution in [1.82, 2.24) is 9.97 Å². The topological polar surface area (TPSA) is 118 Å². The van der Waals surface area contributed by atoms with Crippen molar-refractivity contribution < 1.29 is 14.7 Å². The number of carbonyl (C=O) groups is 2. The minimum atomic E-state index is -1.03. The fraction of sp³-hybridized carbons (Fsp3) is 0.500. The Morgan fingerprint density at radius 3 is 3.00 bits per heavy atom. The first-order chi connectivity index (χ1) is 11.5. The molecule has 0 saturated heterocycles. The van der Waals surface area contributed by atoms with E-state index in [0.717, 1.165) is 29.5 Å². The quantitative estimate of drug-likeness (QED) is 0.734. The first kappa shape index (κ1) is 16.6. The van der Waals surface area contributed by atoms with Gasteiger partial charge in [0.15, 0.2) is 0 Å². The van der Waals surface area contributed by atoms with E-state index in [1.165, 1.54) is 16.8 Å². The highest BCUT2D eigenvalue weighted by Gasteiger charge is 2.25. The van der Waals surface area contributed by atoms with Crippen LogP contribution in [0.25, 0.3) is 10.2 Å². The lowest BCUT2D eigenvalue weighted by Gasteiger charge is -2.19. The zero-order valence-electron chi connectivity index (χ0n) is 13.4. The van der Waals surface area contributed by atoms with Crippen LogP contribution < -0.4 is 11.1 Å². The first-order valence-corrected chi connectivity index (χ1v) is 8.80. The maximum Gasteiger partial charge on any atom is 0.326 e. The number of aryl methyl sites for hydroxylation is 1. The second kappa shape index (κ2) is 6.72. The predicted octanol–water partition coefficient (Wildman–Crippen LogP) is 1.95. The molecule has 0 bridgehead atoms. The Labute approximate surface area is 143 Å². The van der Waals surface area contributed by atoms with E-state index in [2.05, 4.69) is 22.2 Å². The van der Waals surface area contributed by atoms with Crippen LogP contribution in [0.15, 0.2) is 6.33 Å². The number of nitrogens with zero attached hydrogens (tertiary/aromatic N) is 2. The zero-order valence-corrected chi connectivity index (χ0v) is 14.2. The summed E-state index contributed by atoms with van der Waals surface area (Å²) in [6.07, 6.45) is 4.68. The van der Waals surface area contributed by atoms with Gasteiger partial charge in [0.2, 0.25) is 5.91 Å². The van der Waals surface area contributed by atoms with Crippen molar-refractivity contribution in [2.75, 3.05) is 5.32 Å². The number of aliphatic carboxylic acids is 1. The Balaban J connectivity index is 1.94. The maximum atomic E-state index is 11.5. The highest BCUT2D eigenvalue weighted by molar-refractivity contribution is 7.19. The van der Waals surface area contributed by atoms with Crippen LogP contribution in [0.3, 0.4) is 0 Å². The molecule has 2 aromatic heterocycles. The third-order valence-electron chi connectivity index (χ3n) is 4.38. The van der Waals surface area contributed by atoms with E-state index in [1.807, 2.05) is 0 Å². The van der Waals surface area contributed by atoms with Crippen LogP contribution in [-0.4, -0.2) is 33.0 Å². The summed E-state index contributed by atoms with van der Waals surface area (Å²) in [6, 6.07) is -0.909. The molecule has 1 aliphatic rings. The van der Waals surface area contributed by atoms with Crippen molar-refractivity contribution >= 4 is 39.2 Å². The number of carboxylic acid groups (broad SMARTS) is 1. The fourth-order valence-electron chi connectivity index (χ4n) is 3.09. The van der Waals surface area contributed by atoms with Crippen LogP contribution in [0, 0.1) is 5.92 Å². The number of thiophene rings is 1. The molecule has 0 aromatic carbocycles. The molecule has 1 aliphatic carbocycles. The molecule has 2 aromatic rings. The van der Waals surface area contributed by atoms with E-state index in [0.29, 0.717) is 11.7 Å². The van der Waals surface area contributed by atoms with Crippen LogP contribution in [0.2, 0.25) is 0 Å². The molecule has 24 heavy (non-hydrogen) atoms. The lowest BCUT2D eigenvalue weighted by molar-refractivity contribution is -0.138. The van der Waals surface area contributed by atoms with E-state index in [-0.39, 0.29) is 12.8 Å². The summed E-state index contributed by atoms with van der Waals surface area (Å²) < 4.78 is 0. The Bertz CT molecular complexity index is 789. The molecular weight excluding hydrogens is 328 g/mol. The summed E-state index contributed by atoms with van der Waals surface area (Å²) in [6.45, 7) is 2.24. The van der Waals surface area contributed by atoms with Crippen LogP contribution in [0.1, 0.15) is 36.6 Å². The molecule has 0 fully saturated rings. The molecule has 2 atom stereocenters. The number of amides is 1. The molecule has 2 unspecified atom stereocenters. The molecule has 0 aliphatic heterocycles. The number of primary amides is 1. The Hall–Kier alpha value is -2.22. The van der Waals surface area contributed by atoms with Gasteiger partial charge in [-0.1, -0.05) is 6.92 Å². The summed E-state index contributed by atoms with van der Waals surface area (Å²) in [5.41, 5.74) is 6.36. The predicted molar refractivity (Wildman–Crippen MR) is 92.1 cm³/mol. The maximum absolute atomic E-state index is 11.5. The fourth-order valence-corrected chi connectivity index (χ4v) is 4.44. The standard InChI is InChI=1S/C16H20N4O3S/c1-8-2-3-9-11(6-8)24-15-13(9)14(18-7-19-15)20-10(16(22)23)4-5-12(17)21/h7-8,10H,2-6H2,1H3,(H2,17,21)(H,22,23)(H,18,19,20). The van der Waals surface area contributed by atoms with Crippen molar-refractivity contribution in [3.63, 3.8) is 0 Å². The number of aromatic nitrogens is 2. The number of carbonyl (C=O) groups excluding carboxylic acids is 1. The number of anilines is 1. The number of carboxylic acids is 1. The van der Waals surface area contributed by atoms with Crippen LogP contribution in [0.4, 0.5) is 5.82 Å². The summed E-state index contributed by atoms with van der Waals surface area (Å²) >= 11 is 1.66. The molecule has 0 saturated carbocycles. The molecule has 7 nitrogen and oxygen atoms in total. The minimum Gasteiger partial charge on any atom is -0.480 e. The Morgan fingerprint density at radius 1 is 1.50 bits per heavy atom. The van der Waals surface area contributed by atoms with E-state index in [4.69, 9.17) is 5.73 Å². The Morgan fingerprint density at radius 2 is 2.29 bits per heavy atom. The zero-order chi connectivity index (χ0) is 17.3. The SMILES string of the molecule is CC1CCc2c(sc3ncnc(NC(CCC(N)=O)C(=O)O)c23)C1. The number of hydrogen-bond acceptors (Lipinski definition) is 6. The smallest absolute Gasteiger partial charge is 0.326 e. The number of rotatable bonds is 6. The van der Waals surface area contributed by atoms with Gasteiger partial charge >= 0.3 is 5.97 Å². The number of hydrogen-bond donors (Lipinski definition) is 3. The van der Waals surface area contributed by atoms with E-state index < -0.39 is 17.9 Å². The van der Waals surface area contributed by atoms with Crippen molar-refractivity contribution in [2.24, 2.45) is 11.7 Å². The highest BCUT2D eigenvalue weighted by Crippen LogP contribution is 2.39. The summed E-state index contributed by atoms with van der Waals surface area (Å²) in [4.78, 5) is 33.2. The van der Waals surface area contributed by atoms with E-state index >= 15 is 0 Å². The van der Waals surface area contributed by atoms with Gasteiger partial charge in [0, 0.05) is 11.3 Å². The number of fused-ring (bicyclic) bond motifs is 3. The number of nitrogens with two attached hydrogens (primary N) is 1. The lowest BCUT2D eigenvalue weighted by atomic mass is 9.89. The van der Waals surface area contributed by atoms with Gasteiger partial charge in [-0.15, -0.1) is 11.3 Å². The first-order valence-electron chi connectivity index (χ1n) is 7.98. The van der Waals surface area contributed by atoms with E-state index in [1.54, 1.807) is 11.3 Å². The van der Waals surface area contributed by atoms with E-state index in [9.17, 15) is 14.7 Å². The van der Waals surface area contributed by atoms with Gasteiger partial charge in [-0.3, -0.25) is 4.79 Å². The van der Waals surface area contributed by atoms with Crippen molar-refractivity contribution in [3.05, 3.63) is 16.8 Å². The van der Waals surface area contributed by atoms with Gasteiger partial charge in [0.1, 0.15) is 23.0 Å². The third-order valence-corrected chi connectivity index (χ3v) is 5.54. The molecule has 4 N–H and O–H groups in total. The third kappa shape index (κ3) is 3.33. The van der Waals surface area contributed by atoms with Crippen molar-refractivity contribution in [1.29, 1.82) is 0 Å². The molecule has 2 heterocycles. The number of nitrogens with one attached hydrogen (secondary N) is 1. The molecular formula is C16H20N4O3S. The summed E-state index contributed by atoms with van der Waals surface area (Å²) in [5, 5.41) is 13.3. The second-order valence-electron chi connectivity index (χ2n) is 6.29. The molecule has 8 heteroatoms. The summed E-state index contributed by atoms with van der Waals surface area (Å²) in [7, 11) is 0.